The van der Waals surface area contributed by atoms with Gasteiger partial charge in [0.05, 0.1) is 10.5 Å². The van der Waals surface area contributed by atoms with Crippen molar-refractivity contribution in [3.8, 4) is 0 Å². The maximum absolute atomic E-state index is 11.8. The van der Waals surface area contributed by atoms with Crippen LogP contribution in [0.1, 0.15) is 29.6 Å². The van der Waals surface area contributed by atoms with E-state index in [1.54, 1.807) is 0 Å². The summed E-state index contributed by atoms with van der Waals surface area (Å²) in [6.07, 6.45) is 1.91. The average molecular weight is 264 g/mol. The molecule has 0 aromatic heterocycles. The van der Waals surface area contributed by atoms with Gasteiger partial charge in [0, 0.05) is 19.0 Å². The van der Waals surface area contributed by atoms with Crippen LogP contribution >= 0.6 is 0 Å². The maximum atomic E-state index is 11.8. The molecular weight excluding hydrogens is 252 g/mol. The third kappa shape index (κ3) is 2.54. The summed E-state index contributed by atoms with van der Waals surface area (Å²) in [4.78, 5) is 34.3. The summed E-state index contributed by atoms with van der Waals surface area (Å²) in [5.41, 5.74) is -0.352. The molecule has 7 nitrogen and oxygen atoms in total. The molecule has 100 valence electrons. The zero-order chi connectivity index (χ0) is 14.0. The van der Waals surface area contributed by atoms with Crippen LogP contribution in [-0.2, 0) is 4.79 Å². The first kappa shape index (κ1) is 13.0. The van der Waals surface area contributed by atoms with E-state index in [4.69, 9.17) is 5.11 Å². The highest BCUT2D eigenvalue weighted by molar-refractivity contribution is 5.97. The molecule has 1 fully saturated rings. The number of amides is 1. The van der Waals surface area contributed by atoms with Crippen LogP contribution in [0.2, 0.25) is 0 Å². The number of hydrogen-bond donors (Lipinski definition) is 1. The summed E-state index contributed by atoms with van der Waals surface area (Å²) >= 11 is 0. The second-order valence-corrected chi connectivity index (χ2v) is 4.27. The second kappa shape index (κ2) is 5.05. The normalized spacial score (nSPS) is 15.4. The first-order valence-electron chi connectivity index (χ1n) is 5.83. The highest BCUT2D eigenvalue weighted by atomic mass is 16.6. The number of carboxylic acid groups (broad SMARTS) is 1. The summed E-state index contributed by atoms with van der Waals surface area (Å²) < 4.78 is 0. The number of carboxylic acids is 1. The van der Waals surface area contributed by atoms with Crippen LogP contribution in [0, 0.1) is 10.1 Å². The molecule has 1 aromatic carbocycles. The van der Waals surface area contributed by atoms with E-state index < -0.39 is 10.9 Å². The Balaban J connectivity index is 2.47. The predicted molar refractivity (Wildman–Crippen MR) is 66.3 cm³/mol. The van der Waals surface area contributed by atoms with Gasteiger partial charge in [0.15, 0.2) is 0 Å². The van der Waals surface area contributed by atoms with Crippen molar-refractivity contribution < 1.29 is 19.6 Å². The van der Waals surface area contributed by atoms with Crippen LogP contribution in [0.25, 0.3) is 0 Å². The predicted octanol–water partition coefficient (Wildman–Crippen LogP) is 1.81. The number of nitro benzene ring substituents is 1. The lowest BCUT2D eigenvalue weighted by Gasteiger charge is -2.26. The molecule has 7 heteroatoms. The molecule has 2 rings (SSSR count). The van der Waals surface area contributed by atoms with Gasteiger partial charge in [-0.05, 0) is 25.0 Å². The van der Waals surface area contributed by atoms with Gasteiger partial charge in [0.2, 0.25) is 5.91 Å². The number of carbonyl (C=O) groups is 2. The van der Waals surface area contributed by atoms with Crippen LogP contribution in [0.4, 0.5) is 11.4 Å². The molecule has 1 N–H and O–H groups in total. The molecule has 1 aromatic rings. The van der Waals surface area contributed by atoms with Crippen LogP contribution in [0.3, 0.4) is 0 Å². The fourth-order valence-electron chi connectivity index (χ4n) is 2.09. The van der Waals surface area contributed by atoms with Crippen LogP contribution in [-0.4, -0.2) is 28.5 Å². The Morgan fingerprint density at radius 1 is 1.37 bits per heavy atom. The lowest BCUT2D eigenvalue weighted by atomic mass is 10.1. The van der Waals surface area contributed by atoms with Crippen LogP contribution in [0.15, 0.2) is 18.2 Å². The quantitative estimate of drug-likeness (QED) is 0.662. The molecule has 0 aliphatic carbocycles. The number of hydrogen-bond acceptors (Lipinski definition) is 4. The first-order valence-corrected chi connectivity index (χ1v) is 5.83. The largest absolute Gasteiger partial charge is 0.478 e. The minimum Gasteiger partial charge on any atom is -0.478 e. The van der Waals surface area contributed by atoms with Gasteiger partial charge in [-0.2, -0.15) is 0 Å². The van der Waals surface area contributed by atoms with Crippen LogP contribution in [0.5, 0.6) is 0 Å². The Kier molecular flexibility index (Phi) is 3.46. The minimum atomic E-state index is -1.24. The standard InChI is InChI=1S/C12H12N2O5/c15-11-3-1-2-6-13(11)9-5-4-8(12(16)17)7-10(9)14(18)19/h4-5,7H,1-3,6H2,(H,16,17). The molecule has 0 radical (unpaired) electrons. The monoisotopic (exact) mass is 264 g/mol. The van der Waals surface area contributed by atoms with Crippen molar-refractivity contribution in [2.45, 2.75) is 19.3 Å². The summed E-state index contributed by atoms with van der Waals surface area (Å²) in [7, 11) is 0. The Morgan fingerprint density at radius 3 is 2.68 bits per heavy atom. The lowest BCUT2D eigenvalue weighted by molar-refractivity contribution is -0.384. The van der Waals surface area contributed by atoms with Crippen LogP contribution < -0.4 is 4.90 Å². The fourth-order valence-corrected chi connectivity index (χ4v) is 2.09. The zero-order valence-electron chi connectivity index (χ0n) is 10.0. The van der Waals surface area contributed by atoms with Gasteiger partial charge in [-0.3, -0.25) is 14.9 Å². The molecule has 1 aliphatic heterocycles. The van der Waals surface area contributed by atoms with Crippen molar-refractivity contribution in [3.63, 3.8) is 0 Å². The summed E-state index contributed by atoms with van der Waals surface area (Å²) in [5, 5.41) is 19.9. The van der Waals surface area contributed by atoms with E-state index in [-0.39, 0.29) is 22.8 Å². The molecule has 1 heterocycles. The smallest absolute Gasteiger partial charge is 0.335 e. The highest BCUT2D eigenvalue weighted by Crippen LogP contribution is 2.31. The molecule has 0 saturated carbocycles. The maximum Gasteiger partial charge on any atom is 0.335 e. The van der Waals surface area contributed by atoms with Crippen molar-refractivity contribution in [1.82, 2.24) is 0 Å². The van der Waals surface area contributed by atoms with Crippen molar-refractivity contribution in [3.05, 3.63) is 33.9 Å². The number of aromatic carboxylic acids is 1. The molecule has 0 atom stereocenters. The topological polar surface area (TPSA) is 101 Å². The Morgan fingerprint density at radius 2 is 2.11 bits per heavy atom. The molecule has 1 aliphatic rings. The van der Waals surface area contributed by atoms with E-state index in [0.29, 0.717) is 13.0 Å². The van der Waals surface area contributed by atoms with E-state index in [1.807, 2.05) is 0 Å². The fraction of sp³-hybridized carbons (Fsp3) is 0.333. The molecule has 0 unspecified atom stereocenters. The number of piperidine rings is 1. The van der Waals surface area contributed by atoms with Crippen molar-refractivity contribution in [2.24, 2.45) is 0 Å². The third-order valence-electron chi connectivity index (χ3n) is 3.03. The number of anilines is 1. The van der Waals surface area contributed by atoms with Gasteiger partial charge in [-0.15, -0.1) is 0 Å². The van der Waals surface area contributed by atoms with E-state index in [2.05, 4.69) is 0 Å². The molecule has 19 heavy (non-hydrogen) atoms. The summed E-state index contributed by atoms with van der Waals surface area (Å²) in [5.74, 6) is -1.41. The van der Waals surface area contributed by atoms with Crippen molar-refractivity contribution >= 4 is 23.3 Å². The summed E-state index contributed by atoms with van der Waals surface area (Å²) in [6.45, 7) is 0.423. The summed E-state index contributed by atoms with van der Waals surface area (Å²) in [6, 6.07) is 3.58. The molecule has 1 amide bonds. The first-order chi connectivity index (χ1) is 9.00. The van der Waals surface area contributed by atoms with E-state index in [9.17, 15) is 19.7 Å². The highest BCUT2D eigenvalue weighted by Gasteiger charge is 2.27. The molecule has 0 bridgehead atoms. The number of benzene rings is 1. The molecular formula is C12H12N2O5. The molecule has 1 saturated heterocycles. The van der Waals surface area contributed by atoms with Gasteiger partial charge < -0.3 is 10.0 Å². The zero-order valence-corrected chi connectivity index (χ0v) is 10.0. The Bertz CT molecular complexity index is 555. The van der Waals surface area contributed by atoms with E-state index in [0.717, 1.165) is 18.9 Å². The molecule has 0 spiro atoms. The van der Waals surface area contributed by atoms with Gasteiger partial charge in [0.25, 0.3) is 5.69 Å². The minimum absolute atomic E-state index is 0.166. The SMILES string of the molecule is O=C(O)c1ccc(N2CCCCC2=O)c([N+](=O)[O-])c1. The van der Waals surface area contributed by atoms with E-state index in [1.165, 1.54) is 17.0 Å². The van der Waals surface area contributed by atoms with Gasteiger partial charge in [-0.1, -0.05) is 0 Å². The van der Waals surface area contributed by atoms with E-state index >= 15 is 0 Å². The van der Waals surface area contributed by atoms with Gasteiger partial charge >= 0.3 is 5.97 Å². The number of carbonyl (C=O) groups excluding carboxylic acids is 1. The second-order valence-electron chi connectivity index (χ2n) is 4.27. The van der Waals surface area contributed by atoms with Gasteiger partial charge in [0.1, 0.15) is 5.69 Å². The number of rotatable bonds is 3. The van der Waals surface area contributed by atoms with Crippen molar-refractivity contribution in [1.29, 1.82) is 0 Å². The lowest BCUT2D eigenvalue weighted by Crippen LogP contribution is -2.35. The Labute approximate surface area is 108 Å². The third-order valence-corrected chi connectivity index (χ3v) is 3.03. The number of nitrogens with zero attached hydrogens (tertiary/aromatic N) is 2. The number of nitro groups is 1. The van der Waals surface area contributed by atoms with Gasteiger partial charge in [-0.25, -0.2) is 4.79 Å². The van der Waals surface area contributed by atoms with Crippen molar-refractivity contribution in [2.75, 3.05) is 11.4 Å². The Hall–Kier alpha value is -2.44. The average Bonchev–Trinajstić information content (AvgIpc) is 2.38.